The lowest BCUT2D eigenvalue weighted by Crippen LogP contribution is -2.42. The molecule has 0 aliphatic heterocycles. The molecule has 0 aromatic heterocycles. The van der Waals surface area contributed by atoms with E-state index in [9.17, 15) is 13.2 Å². The van der Waals surface area contributed by atoms with Crippen LogP contribution in [-0.2, 0) is 9.84 Å². The van der Waals surface area contributed by atoms with Crippen molar-refractivity contribution in [2.45, 2.75) is 38.8 Å². The van der Waals surface area contributed by atoms with Crippen molar-refractivity contribution in [1.29, 1.82) is 0 Å². The lowest BCUT2D eigenvalue weighted by Gasteiger charge is -2.20. The molecule has 0 saturated heterocycles. The van der Waals surface area contributed by atoms with Gasteiger partial charge in [0, 0.05) is 17.3 Å². The minimum atomic E-state index is -3.01. The second kappa shape index (κ2) is 8.39. The fourth-order valence-electron chi connectivity index (χ4n) is 2.00. The number of nitrogens with one attached hydrogen (secondary N) is 2. The number of hydrogen-bond acceptors (Lipinski definition) is 3. The van der Waals surface area contributed by atoms with Gasteiger partial charge in [-0.3, -0.25) is 0 Å². The van der Waals surface area contributed by atoms with Crippen LogP contribution in [0.4, 0.5) is 4.79 Å². The molecule has 0 radical (unpaired) electrons. The highest BCUT2D eigenvalue weighted by Crippen LogP contribution is 2.19. The van der Waals surface area contributed by atoms with E-state index in [0.29, 0.717) is 11.4 Å². The molecule has 0 fully saturated rings. The predicted octanol–water partition coefficient (Wildman–Crippen LogP) is 2.91. The normalized spacial score (nSPS) is 14.2. The average Bonchev–Trinajstić information content (AvgIpc) is 2.43. The molecule has 0 aliphatic carbocycles. The third kappa shape index (κ3) is 7.13. The molecule has 0 heterocycles. The van der Waals surface area contributed by atoms with Gasteiger partial charge in [-0.15, -0.1) is 0 Å². The Labute approximate surface area is 137 Å². The maximum absolute atomic E-state index is 12.0. The highest BCUT2D eigenvalue weighted by Gasteiger charge is 2.15. The third-order valence-electron chi connectivity index (χ3n) is 3.29. The number of carbonyl (C=O) groups is 1. The summed E-state index contributed by atoms with van der Waals surface area (Å²) in [7, 11) is -3.01. The summed E-state index contributed by atoms with van der Waals surface area (Å²) in [5.41, 5.74) is 0.978. The van der Waals surface area contributed by atoms with Crippen molar-refractivity contribution in [2.24, 2.45) is 0 Å². The van der Waals surface area contributed by atoms with Crippen LogP contribution < -0.4 is 10.6 Å². The summed E-state index contributed by atoms with van der Waals surface area (Å²) in [5, 5.41) is 6.30. The summed E-state index contributed by atoms with van der Waals surface area (Å²) >= 11 is 5.86. The van der Waals surface area contributed by atoms with Crippen LogP contribution in [0.15, 0.2) is 24.3 Å². The van der Waals surface area contributed by atoms with E-state index in [0.717, 1.165) is 12.0 Å². The van der Waals surface area contributed by atoms with Gasteiger partial charge in [-0.05, 0) is 37.5 Å². The summed E-state index contributed by atoms with van der Waals surface area (Å²) in [4.78, 5) is 12.0. The van der Waals surface area contributed by atoms with Gasteiger partial charge in [-0.25, -0.2) is 13.2 Å². The van der Waals surface area contributed by atoms with Crippen molar-refractivity contribution in [2.75, 3.05) is 12.0 Å². The fraction of sp³-hybridized carbons (Fsp3) is 0.533. The van der Waals surface area contributed by atoms with Gasteiger partial charge in [0.25, 0.3) is 0 Å². The van der Waals surface area contributed by atoms with Gasteiger partial charge in [0.1, 0.15) is 9.84 Å². The van der Waals surface area contributed by atoms with E-state index in [4.69, 9.17) is 11.6 Å². The summed E-state index contributed by atoms with van der Waals surface area (Å²) in [6.07, 6.45) is 2.32. The first-order valence-corrected chi connectivity index (χ1v) is 9.65. The summed E-state index contributed by atoms with van der Waals surface area (Å²) in [6.45, 7) is 3.76. The molecule has 2 amide bonds. The molecule has 1 rings (SSSR count). The lowest BCUT2D eigenvalue weighted by atomic mass is 10.1. The monoisotopic (exact) mass is 346 g/mol. The van der Waals surface area contributed by atoms with Gasteiger partial charge in [-0.2, -0.15) is 0 Å². The molecule has 1 aromatic carbocycles. The van der Waals surface area contributed by atoms with Crippen molar-refractivity contribution in [3.05, 3.63) is 34.9 Å². The van der Waals surface area contributed by atoms with Crippen LogP contribution in [0.5, 0.6) is 0 Å². The average molecular weight is 347 g/mol. The largest absolute Gasteiger partial charge is 0.336 e. The SMILES string of the molecule is CC[C@@H](NC(=O)N[C@@H](C)CCS(C)(=O)=O)c1ccc(Cl)cc1. The predicted molar refractivity (Wildman–Crippen MR) is 89.9 cm³/mol. The Hall–Kier alpha value is -1.27. The van der Waals surface area contributed by atoms with Gasteiger partial charge in [0.15, 0.2) is 0 Å². The van der Waals surface area contributed by atoms with Gasteiger partial charge in [0.05, 0.1) is 11.8 Å². The maximum Gasteiger partial charge on any atom is 0.315 e. The Morgan fingerprint density at radius 2 is 1.82 bits per heavy atom. The Balaban J connectivity index is 2.53. The van der Waals surface area contributed by atoms with Gasteiger partial charge >= 0.3 is 6.03 Å². The quantitative estimate of drug-likeness (QED) is 0.797. The zero-order chi connectivity index (χ0) is 16.8. The summed E-state index contributed by atoms with van der Waals surface area (Å²) < 4.78 is 22.2. The van der Waals surface area contributed by atoms with E-state index in [1.165, 1.54) is 6.26 Å². The molecule has 0 unspecified atom stereocenters. The standard InChI is InChI=1S/C15H23ClN2O3S/c1-4-14(12-5-7-13(16)8-6-12)18-15(19)17-11(2)9-10-22(3,20)21/h5-8,11,14H,4,9-10H2,1-3H3,(H2,17,18,19)/t11-,14+/m0/s1. The van der Waals surface area contributed by atoms with Crippen LogP contribution in [0.25, 0.3) is 0 Å². The van der Waals surface area contributed by atoms with Crippen LogP contribution in [0, 0.1) is 0 Å². The molecule has 1 aromatic rings. The van der Waals surface area contributed by atoms with Crippen LogP contribution in [0.1, 0.15) is 38.3 Å². The molecule has 7 heteroatoms. The molecule has 2 atom stereocenters. The molecule has 0 aliphatic rings. The Kier molecular flexibility index (Phi) is 7.16. The molecule has 5 nitrogen and oxygen atoms in total. The number of amides is 2. The highest BCUT2D eigenvalue weighted by atomic mass is 35.5. The minimum Gasteiger partial charge on any atom is -0.336 e. The van der Waals surface area contributed by atoms with E-state index in [1.54, 1.807) is 19.1 Å². The minimum absolute atomic E-state index is 0.0584. The maximum atomic E-state index is 12.0. The molecular formula is C15H23ClN2O3S. The second-order valence-corrected chi connectivity index (χ2v) is 8.15. The zero-order valence-electron chi connectivity index (χ0n) is 13.1. The number of rotatable bonds is 7. The highest BCUT2D eigenvalue weighted by molar-refractivity contribution is 7.90. The molecule has 22 heavy (non-hydrogen) atoms. The second-order valence-electron chi connectivity index (χ2n) is 5.45. The molecule has 0 bridgehead atoms. The number of hydrogen-bond donors (Lipinski definition) is 2. The number of benzene rings is 1. The number of urea groups is 1. The molecule has 0 spiro atoms. The van der Waals surface area contributed by atoms with Gasteiger partial charge < -0.3 is 10.6 Å². The van der Waals surface area contributed by atoms with E-state index in [2.05, 4.69) is 10.6 Å². The van der Waals surface area contributed by atoms with Crippen LogP contribution in [-0.4, -0.2) is 32.5 Å². The van der Waals surface area contributed by atoms with Crippen molar-refractivity contribution in [3.63, 3.8) is 0 Å². The van der Waals surface area contributed by atoms with Gasteiger partial charge in [0.2, 0.25) is 0 Å². The Morgan fingerprint density at radius 1 is 1.23 bits per heavy atom. The van der Waals surface area contributed by atoms with Crippen molar-refractivity contribution in [1.82, 2.24) is 10.6 Å². The number of sulfone groups is 1. The molecule has 124 valence electrons. The Bertz CT molecular complexity index is 587. The molecule has 2 N–H and O–H groups in total. The fourth-order valence-corrected chi connectivity index (χ4v) is 2.91. The van der Waals surface area contributed by atoms with E-state index < -0.39 is 9.84 Å². The first-order chi connectivity index (χ1) is 10.2. The number of halogens is 1. The lowest BCUT2D eigenvalue weighted by molar-refractivity contribution is 0.233. The zero-order valence-corrected chi connectivity index (χ0v) is 14.7. The van der Waals surface area contributed by atoms with Crippen LogP contribution >= 0.6 is 11.6 Å². The molecular weight excluding hydrogens is 324 g/mol. The number of carbonyl (C=O) groups excluding carboxylic acids is 1. The van der Waals surface area contributed by atoms with Crippen molar-refractivity contribution in [3.8, 4) is 0 Å². The smallest absolute Gasteiger partial charge is 0.315 e. The van der Waals surface area contributed by atoms with E-state index >= 15 is 0 Å². The van der Waals surface area contributed by atoms with Crippen molar-refractivity contribution < 1.29 is 13.2 Å². The van der Waals surface area contributed by atoms with Crippen LogP contribution in [0.3, 0.4) is 0 Å². The first-order valence-electron chi connectivity index (χ1n) is 7.21. The topological polar surface area (TPSA) is 75.3 Å². The summed E-state index contributed by atoms with van der Waals surface area (Å²) in [5.74, 6) is 0.0584. The van der Waals surface area contributed by atoms with Crippen molar-refractivity contribution >= 4 is 27.5 Å². The summed E-state index contributed by atoms with van der Waals surface area (Å²) in [6, 6.07) is 6.70. The first kappa shape index (κ1) is 18.8. The Morgan fingerprint density at radius 3 is 2.32 bits per heavy atom. The van der Waals surface area contributed by atoms with Crippen LogP contribution in [0.2, 0.25) is 5.02 Å². The molecule has 0 saturated carbocycles. The van der Waals surface area contributed by atoms with E-state index in [-0.39, 0.29) is 23.9 Å². The van der Waals surface area contributed by atoms with Gasteiger partial charge in [-0.1, -0.05) is 30.7 Å². The van der Waals surface area contributed by atoms with E-state index in [1.807, 2.05) is 19.1 Å². The third-order valence-corrected chi connectivity index (χ3v) is 4.51.